The van der Waals surface area contributed by atoms with Gasteiger partial charge in [-0.15, -0.1) is 10.2 Å². The highest BCUT2D eigenvalue weighted by molar-refractivity contribution is 7.98. The van der Waals surface area contributed by atoms with Crippen molar-refractivity contribution in [2.75, 3.05) is 18.8 Å². The monoisotopic (exact) mass is 375 g/mol. The van der Waals surface area contributed by atoms with E-state index in [4.69, 9.17) is 0 Å². The molecule has 2 fully saturated rings. The first-order chi connectivity index (χ1) is 12.2. The molecule has 132 valence electrons. The summed E-state index contributed by atoms with van der Waals surface area (Å²) < 4.78 is 1.69. The van der Waals surface area contributed by atoms with Crippen LogP contribution in [0.15, 0.2) is 10.9 Å². The Hall–Kier alpha value is -1.25. The van der Waals surface area contributed by atoms with Gasteiger partial charge in [-0.05, 0) is 24.2 Å². The molecule has 1 aliphatic carbocycles. The maximum absolute atomic E-state index is 12.3. The van der Waals surface area contributed by atoms with Crippen molar-refractivity contribution in [3.05, 3.63) is 37.7 Å². The number of rotatable bonds is 5. The van der Waals surface area contributed by atoms with Crippen molar-refractivity contribution in [1.82, 2.24) is 24.9 Å². The fraction of sp³-hybridized carbons (Fsp3) is 0.647. The molecule has 2 aromatic heterocycles. The van der Waals surface area contributed by atoms with Crippen LogP contribution in [0.4, 0.5) is 0 Å². The van der Waals surface area contributed by atoms with Crippen LogP contribution in [-0.2, 0) is 25.3 Å². The topological polar surface area (TPSA) is 63.9 Å². The molecule has 4 heterocycles. The summed E-state index contributed by atoms with van der Waals surface area (Å²) >= 11 is 3.66. The second-order valence-corrected chi connectivity index (χ2v) is 9.51. The van der Waals surface area contributed by atoms with E-state index >= 15 is 0 Å². The van der Waals surface area contributed by atoms with Gasteiger partial charge in [0, 0.05) is 43.2 Å². The molecule has 5 rings (SSSR count). The zero-order chi connectivity index (χ0) is 16.8. The first kappa shape index (κ1) is 16.0. The SMILES string of the molecule is O=c1cc2c(nn1CC1CN(Cc3nnc(C4CC4)s3)C1)CCSC2. The van der Waals surface area contributed by atoms with E-state index < -0.39 is 0 Å². The summed E-state index contributed by atoms with van der Waals surface area (Å²) in [6, 6.07) is 1.80. The van der Waals surface area contributed by atoms with Crippen molar-refractivity contribution in [3.8, 4) is 0 Å². The fourth-order valence-corrected chi connectivity index (χ4v) is 5.57. The van der Waals surface area contributed by atoms with Crippen molar-refractivity contribution in [3.63, 3.8) is 0 Å². The predicted molar refractivity (Wildman–Crippen MR) is 99.0 cm³/mol. The number of aryl methyl sites for hydroxylation is 1. The van der Waals surface area contributed by atoms with Gasteiger partial charge in [0.05, 0.1) is 18.8 Å². The van der Waals surface area contributed by atoms with Crippen LogP contribution < -0.4 is 5.56 Å². The molecule has 6 nitrogen and oxygen atoms in total. The molecule has 0 radical (unpaired) electrons. The second kappa shape index (κ2) is 6.48. The highest BCUT2D eigenvalue weighted by Gasteiger charge is 2.31. The van der Waals surface area contributed by atoms with Crippen LogP contribution in [-0.4, -0.2) is 43.7 Å². The maximum Gasteiger partial charge on any atom is 0.267 e. The Labute approximate surface area is 154 Å². The minimum absolute atomic E-state index is 0.0536. The van der Waals surface area contributed by atoms with E-state index in [-0.39, 0.29) is 5.56 Å². The molecule has 2 aliphatic heterocycles. The minimum atomic E-state index is 0.0536. The average molecular weight is 376 g/mol. The van der Waals surface area contributed by atoms with Crippen molar-refractivity contribution < 1.29 is 0 Å². The summed E-state index contributed by atoms with van der Waals surface area (Å²) in [7, 11) is 0. The van der Waals surface area contributed by atoms with Gasteiger partial charge in [0.25, 0.3) is 5.56 Å². The van der Waals surface area contributed by atoms with Gasteiger partial charge < -0.3 is 0 Å². The largest absolute Gasteiger partial charge is 0.296 e. The van der Waals surface area contributed by atoms with E-state index in [1.807, 2.05) is 11.8 Å². The molecule has 0 unspecified atom stereocenters. The molecule has 0 atom stereocenters. The zero-order valence-electron chi connectivity index (χ0n) is 14.1. The molecule has 0 aromatic carbocycles. The van der Waals surface area contributed by atoms with Gasteiger partial charge in [-0.3, -0.25) is 9.69 Å². The third-order valence-electron chi connectivity index (χ3n) is 5.14. The second-order valence-electron chi connectivity index (χ2n) is 7.31. The molecule has 0 bridgehead atoms. The van der Waals surface area contributed by atoms with Gasteiger partial charge >= 0.3 is 0 Å². The molecular weight excluding hydrogens is 354 g/mol. The Morgan fingerprint density at radius 3 is 2.96 bits per heavy atom. The standard InChI is InChI=1S/C17H21N5OS2/c23-16-5-13-10-24-4-3-14(13)20-22(16)8-11-6-21(7-11)9-15-18-19-17(25-15)12-1-2-12/h5,11-12H,1-4,6-10H2. The van der Waals surface area contributed by atoms with Crippen LogP contribution in [0.2, 0.25) is 0 Å². The maximum atomic E-state index is 12.3. The Morgan fingerprint density at radius 2 is 2.12 bits per heavy atom. The van der Waals surface area contributed by atoms with E-state index in [1.54, 1.807) is 22.1 Å². The number of hydrogen-bond donors (Lipinski definition) is 0. The highest BCUT2D eigenvalue weighted by Crippen LogP contribution is 2.41. The molecule has 1 saturated carbocycles. The van der Waals surface area contributed by atoms with Gasteiger partial charge in [0.2, 0.25) is 0 Å². The molecule has 2 aromatic rings. The lowest BCUT2D eigenvalue weighted by Gasteiger charge is -2.38. The number of hydrogen-bond acceptors (Lipinski definition) is 7. The molecule has 1 saturated heterocycles. The van der Waals surface area contributed by atoms with Crippen molar-refractivity contribution >= 4 is 23.1 Å². The van der Waals surface area contributed by atoms with E-state index in [0.29, 0.717) is 11.8 Å². The van der Waals surface area contributed by atoms with Gasteiger partial charge in [0.15, 0.2) is 0 Å². The van der Waals surface area contributed by atoms with Crippen molar-refractivity contribution in [1.29, 1.82) is 0 Å². The number of aromatic nitrogens is 4. The first-order valence-corrected chi connectivity index (χ1v) is 10.9. The molecule has 25 heavy (non-hydrogen) atoms. The van der Waals surface area contributed by atoms with Crippen LogP contribution >= 0.6 is 23.1 Å². The van der Waals surface area contributed by atoms with Crippen molar-refractivity contribution in [2.24, 2.45) is 5.92 Å². The summed E-state index contributed by atoms with van der Waals surface area (Å²) in [5.41, 5.74) is 2.31. The van der Waals surface area contributed by atoms with E-state index in [9.17, 15) is 4.79 Å². The average Bonchev–Trinajstić information content (AvgIpc) is 3.33. The fourth-order valence-electron chi connectivity index (χ4n) is 3.57. The zero-order valence-corrected chi connectivity index (χ0v) is 15.7. The Bertz CT molecular complexity index is 838. The molecule has 0 N–H and O–H groups in total. The predicted octanol–water partition coefficient (Wildman–Crippen LogP) is 1.89. The Kier molecular flexibility index (Phi) is 4.14. The van der Waals surface area contributed by atoms with Crippen LogP contribution in [0.25, 0.3) is 0 Å². The summed E-state index contributed by atoms with van der Waals surface area (Å²) in [5.74, 6) is 3.24. The number of nitrogens with zero attached hydrogens (tertiary/aromatic N) is 5. The molecule has 8 heteroatoms. The highest BCUT2D eigenvalue weighted by atomic mass is 32.2. The number of fused-ring (bicyclic) bond motifs is 1. The third kappa shape index (κ3) is 3.39. The molecule has 0 amide bonds. The van der Waals surface area contributed by atoms with Crippen LogP contribution in [0.3, 0.4) is 0 Å². The van der Waals surface area contributed by atoms with Gasteiger partial charge in [-0.2, -0.15) is 16.9 Å². The summed E-state index contributed by atoms with van der Waals surface area (Å²) in [6.45, 7) is 3.66. The lowest BCUT2D eigenvalue weighted by molar-refractivity contribution is 0.0762. The van der Waals surface area contributed by atoms with Crippen LogP contribution in [0.5, 0.6) is 0 Å². The molecule has 3 aliphatic rings. The molecule has 0 spiro atoms. The van der Waals surface area contributed by atoms with Gasteiger partial charge in [0.1, 0.15) is 10.0 Å². The minimum Gasteiger partial charge on any atom is -0.296 e. The van der Waals surface area contributed by atoms with Gasteiger partial charge in [-0.25, -0.2) is 4.68 Å². The van der Waals surface area contributed by atoms with Crippen molar-refractivity contribution in [2.45, 2.75) is 44.0 Å². The quantitative estimate of drug-likeness (QED) is 0.795. The van der Waals surface area contributed by atoms with Crippen LogP contribution in [0.1, 0.15) is 40.0 Å². The normalized spacial score (nSPS) is 21.1. The smallest absolute Gasteiger partial charge is 0.267 e. The van der Waals surface area contributed by atoms with Crippen LogP contribution in [0, 0.1) is 5.92 Å². The van der Waals surface area contributed by atoms with E-state index in [1.165, 1.54) is 17.8 Å². The third-order valence-corrected chi connectivity index (χ3v) is 7.22. The molecular formula is C17H21N5OS2. The van der Waals surface area contributed by atoms with E-state index in [0.717, 1.165) is 60.4 Å². The van der Waals surface area contributed by atoms with E-state index in [2.05, 4.69) is 20.2 Å². The Balaban J connectivity index is 1.17. The van der Waals surface area contributed by atoms with Gasteiger partial charge in [-0.1, -0.05) is 11.3 Å². The lowest BCUT2D eigenvalue weighted by Crippen LogP contribution is -2.49. The summed E-state index contributed by atoms with van der Waals surface area (Å²) in [6.07, 6.45) is 3.54. The summed E-state index contributed by atoms with van der Waals surface area (Å²) in [4.78, 5) is 14.7. The Morgan fingerprint density at radius 1 is 1.24 bits per heavy atom. The number of thioether (sulfide) groups is 1. The summed E-state index contributed by atoms with van der Waals surface area (Å²) in [5, 5.41) is 15.6. The first-order valence-electron chi connectivity index (χ1n) is 8.97. The lowest BCUT2D eigenvalue weighted by atomic mass is 10.0. The number of likely N-dealkylation sites (tertiary alicyclic amines) is 1.